The fraction of sp³-hybridized carbons (Fsp3) is 0.222. The van der Waals surface area contributed by atoms with Crippen molar-refractivity contribution in [2.24, 2.45) is 0 Å². The van der Waals surface area contributed by atoms with Crippen LogP contribution < -0.4 is 4.72 Å². The summed E-state index contributed by atoms with van der Waals surface area (Å²) in [5, 5.41) is 0. The maximum absolute atomic E-state index is 11.7. The molecule has 0 fully saturated rings. The maximum atomic E-state index is 11.7. The first kappa shape index (κ1) is 12.6. The van der Waals surface area contributed by atoms with Gasteiger partial charge in [-0.05, 0) is 12.1 Å². The second kappa shape index (κ2) is 5.57. The quantitative estimate of drug-likeness (QED) is 0.829. The second-order valence-corrected chi connectivity index (χ2v) is 4.14. The van der Waals surface area contributed by atoms with Crippen molar-refractivity contribution in [3.8, 4) is 0 Å². The molecule has 1 N–H and O–H groups in total. The number of carbonyl (C=O) groups is 1. The standard InChI is InChI=1S/C9H10FNO4S/c10-6-7-11-16(13,14)15-9(12)8-4-2-1-3-5-8/h1-5,11H,6-7H2. The molecule has 0 saturated carbocycles. The highest BCUT2D eigenvalue weighted by Crippen LogP contribution is 2.03. The summed E-state index contributed by atoms with van der Waals surface area (Å²) >= 11 is 0. The number of alkyl halides is 1. The van der Waals surface area contributed by atoms with Crippen LogP contribution >= 0.6 is 0 Å². The molecule has 0 bridgehead atoms. The molecule has 0 saturated heterocycles. The third-order valence-corrected chi connectivity index (χ3v) is 2.50. The van der Waals surface area contributed by atoms with Gasteiger partial charge in [-0.15, -0.1) is 0 Å². The van der Waals surface area contributed by atoms with E-state index >= 15 is 0 Å². The minimum Gasteiger partial charge on any atom is -0.329 e. The van der Waals surface area contributed by atoms with Crippen molar-refractivity contribution in [3.63, 3.8) is 0 Å². The average molecular weight is 247 g/mol. The Kier molecular flexibility index (Phi) is 4.39. The molecule has 0 aliphatic carbocycles. The Labute approximate surface area is 92.5 Å². The van der Waals surface area contributed by atoms with Crippen LogP contribution in [0, 0.1) is 0 Å². The monoisotopic (exact) mass is 247 g/mol. The van der Waals surface area contributed by atoms with Crippen molar-refractivity contribution in [1.82, 2.24) is 4.72 Å². The molecule has 0 aliphatic rings. The van der Waals surface area contributed by atoms with Crippen molar-refractivity contribution >= 4 is 16.3 Å². The van der Waals surface area contributed by atoms with Crippen molar-refractivity contribution in [2.75, 3.05) is 13.2 Å². The maximum Gasteiger partial charge on any atom is 0.385 e. The number of rotatable bonds is 5. The Hall–Kier alpha value is -1.47. The summed E-state index contributed by atoms with van der Waals surface area (Å²) in [6.07, 6.45) is 0. The van der Waals surface area contributed by atoms with Crippen LogP contribution in [0.5, 0.6) is 0 Å². The van der Waals surface area contributed by atoms with Gasteiger partial charge in [-0.2, -0.15) is 13.1 Å². The van der Waals surface area contributed by atoms with Crippen LogP contribution in [0.4, 0.5) is 4.39 Å². The van der Waals surface area contributed by atoms with Crippen molar-refractivity contribution in [3.05, 3.63) is 35.9 Å². The normalized spacial score (nSPS) is 11.1. The molecule has 0 unspecified atom stereocenters. The van der Waals surface area contributed by atoms with Crippen molar-refractivity contribution in [1.29, 1.82) is 0 Å². The first-order valence-corrected chi connectivity index (χ1v) is 5.80. The van der Waals surface area contributed by atoms with E-state index in [1.807, 2.05) is 0 Å². The highest BCUT2D eigenvalue weighted by molar-refractivity contribution is 7.85. The van der Waals surface area contributed by atoms with Crippen LogP contribution in [0.15, 0.2) is 30.3 Å². The number of benzene rings is 1. The lowest BCUT2D eigenvalue weighted by Gasteiger charge is -2.05. The fourth-order valence-corrected chi connectivity index (χ4v) is 1.60. The highest BCUT2D eigenvalue weighted by atomic mass is 32.2. The summed E-state index contributed by atoms with van der Waals surface area (Å²) in [4.78, 5) is 11.3. The summed E-state index contributed by atoms with van der Waals surface area (Å²) in [5.41, 5.74) is 0.105. The second-order valence-electron chi connectivity index (χ2n) is 2.77. The zero-order valence-electron chi connectivity index (χ0n) is 8.22. The Balaban J connectivity index is 2.65. The minimum absolute atomic E-state index is 0.105. The molecule has 0 amide bonds. The van der Waals surface area contributed by atoms with E-state index in [2.05, 4.69) is 4.18 Å². The summed E-state index contributed by atoms with van der Waals surface area (Å²) in [6.45, 7) is -1.30. The van der Waals surface area contributed by atoms with E-state index in [-0.39, 0.29) is 5.56 Å². The summed E-state index contributed by atoms with van der Waals surface area (Å²) < 4.78 is 39.8. The molecule has 1 aromatic carbocycles. The van der Waals surface area contributed by atoms with E-state index < -0.39 is 29.5 Å². The number of nitrogens with one attached hydrogen (secondary N) is 1. The van der Waals surface area contributed by atoms with Gasteiger partial charge in [-0.3, -0.25) is 0 Å². The van der Waals surface area contributed by atoms with Gasteiger partial charge in [0.2, 0.25) is 0 Å². The fourth-order valence-electron chi connectivity index (χ4n) is 0.915. The average Bonchev–Trinajstić information content (AvgIpc) is 2.27. The largest absolute Gasteiger partial charge is 0.385 e. The van der Waals surface area contributed by atoms with Gasteiger partial charge < -0.3 is 4.18 Å². The molecule has 1 rings (SSSR count). The number of hydrogen-bond acceptors (Lipinski definition) is 4. The summed E-state index contributed by atoms with van der Waals surface area (Å²) in [7, 11) is -4.23. The van der Waals surface area contributed by atoms with Crippen LogP contribution in [-0.2, 0) is 14.5 Å². The predicted octanol–water partition coefficient (Wildman–Crippen LogP) is 0.647. The molecule has 0 atom stereocenters. The molecule has 0 aliphatic heterocycles. The summed E-state index contributed by atoms with van der Waals surface area (Å²) in [5.74, 6) is -1.01. The van der Waals surface area contributed by atoms with Gasteiger partial charge in [-0.25, -0.2) is 9.18 Å². The van der Waals surface area contributed by atoms with Gasteiger partial charge in [0.1, 0.15) is 6.67 Å². The molecule has 0 radical (unpaired) electrons. The molecule has 0 spiro atoms. The van der Waals surface area contributed by atoms with E-state index in [0.717, 1.165) is 0 Å². The van der Waals surface area contributed by atoms with Gasteiger partial charge in [0.05, 0.1) is 5.56 Å². The summed E-state index contributed by atoms with van der Waals surface area (Å²) in [6, 6.07) is 7.63. The van der Waals surface area contributed by atoms with Crippen LogP contribution in [0.25, 0.3) is 0 Å². The smallest absolute Gasteiger partial charge is 0.329 e. The van der Waals surface area contributed by atoms with Crippen molar-refractivity contribution in [2.45, 2.75) is 0 Å². The Morgan fingerprint density at radius 2 is 1.94 bits per heavy atom. The third kappa shape index (κ3) is 3.95. The molecule has 5 nitrogen and oxygen atoms in total. The predicted molar refractivity (Wildman–Crippen MR) is 54.8 cm³/mol. The molecule has 1 aromatic rings. The highest BCUT2D eigenvalue weighted by Gasteiger charge is 2.17. The van der Waals surface area contributed by atoms with E-state index in [0.29, 0.717) is 0 Å². The number of carbonyl (C=O) groups excluding carboxylic acids is 1. The minimum atomic E-state index is -4.23. The molecule has 88 valence electrons. The first-order chi connectivity index (χ1) is 7.55. The van der Waals surface area contributed by atoms with E-state index in [1.54, 1.807) is 22.9 Å². The lowest BCUT2D eigenvalue weighted by molar-refractivity contribution is 0.0743. The first-order valence-electron chi connectivity index (χ1n) is 4.39. The van der Waals surface area contributed by atoms with Crippen LogP contribution in [0.1, 0.15) is 10.4 Å². The lowest BCUT2D eigenvalue weighted by Crippen LogP contribution is -2.29. The van der Waals surface area contributed by atoms with Gasteiger partial charge >= 0.3 is 16.3 Å². The van der Waals surface area contributed by atoms with Crippen molar-refractivity contribution < 1.29 is 21.8 Å². The molecule has 0 aromatic heterocycles. The molecule has 0 heterocycles. The van der Waals surface area contributed by atoms with Gasteiger partial charge in [-0.1, -0.05) is 18.2 Å². The zero-order chi connectivity index (χ0) is 12.0. The Morgan fingerprint density at radius 1 is 1.31 bits per heavy atom. The van der Waals surface area contributed by atoms with Crippen LogP contribution in [-0.4, -0.2) is 27.6 Å². The Morgan fingerprint density at radius 3 is 2.50 bits per heavy atom. The van der Waals surface area contributed by atoms with Crippen LogP contribution in [0.2, 0.25) is 0 Å². The zero-order valence-corrected chi connectivity index (χ0v) is 9.04. The third-order valence-electron chi connectivity index (χ3n) is 1.57. The van der Waals surface area contributed by atoms with Crippen LogP contribution in [0.3, 0.4) is 0 Å². The van der Waals surface area contributed by atoms with Gasteiger partial charge in [0.15, 0.2) is 0 Å². The lowest BCUT2D eigenvalue weighted by atomic mass is 10.2. The van der Waals surface area contributed by atoms with Gasteiger partial charge in [0, 0.05) is 6.54 Å². The number of hydrogen-bond donors (Lipinski definition) is 1. The van der Waals surface area contributed by atoms with Gasteiger partial charge in [0.25, 0.3) is 0 Å². The number of halogens is 1. The molecular weight excluding hydrogens is 237 g/mol. The topological polar surface area (TPSA) is 72.5 Å². The Bertz CT molecular complexity index is 446. The van der Waals surface area contributed by atoms with E-state index in [9.17, 15) is 17.6 Å². The molecular formula is C9H10FNO4S. The van der Waals surface area contributed by atoms with E-state index in [1.165, 1.54) is 12.1 Å². The molecule has 16 heavy (non-hydrogen) atoms. The van der Waals surface area contributed by atoms with E-state index in [4.69, 9.17) is 0 Å². The molecule has 7 heteroatoms. The SMILES string of the molecule is O=C(OS(=O)(=O)NCCF)c1ccccc1.